The fraction of sp³-hybridized carbons (Fsp3) is 0.250. The summed E-state index contributed by atoms with van der Waals surface area (Å²) in [5.74, 6) is 0.204. The highest BCUT2D eigenvalue weighted by Gasteiger charge is 2.19. The van der Waals surface area contributed by atoms with Crippen LogP contribution < -0.4 is 10.5 Å². The first-order valence-electron chi connectivity index (χ1n) is 6.41. The van der Waals surface area contributed by atoms with E-state index >= 15 is 0 Å². The Morgan fingerprint density at radius 2 is 1.95 bits per heavy atom. The molecule has 0 saturated carbocycles. The molecule has 0 aromatic heterocycles. The summed E-state index contributed by atoms with van der Waals surface area (Å²) in [5.41, 5.74) is 7.55. The van der Waals surface area contributed by atoms with Crippen molar-refractivity contribution in [2.75, 3.05) is 0 Å². The molecular formula is C16H17BrFNO. The van der Waals surface area contributed by atoms with E-state index < -0.39 is 0 Å². The van der Waals surface area contributed by atoms with Crippen LogP contribution in [0.15, 0.2) is 46.9 Å². The fourth-order valence-electron chi connectivity index (χ4n) is 1.96. The van der Waals surface area contributed by atoms with Crippen LogP contribution in [0.2, 0.25) is 0 Å². The molecule has 2 N–H and O–H groups in total. The third-order valence-corrected chi connectivity index (χ3v) is 3.55. The highest BCUT2D eigenvalue weighted by Crippen LogP contribution is 2.27. The second kappa shape index (κ2) is 6.37. The minimum Gasteiger partial charge on any atom is -0.484 e. The van der Waals surface area contributed by atoms with Crippen molar-refractivity contribution >= 4 is 15.9 Å². The number of rotatable bonds is 4. The van der Waals surface area contributed by atoms with Crippen LogP contribution in [-0.2, 0) is 0 Å². The lowest BCUT2D eigenvalue weighted by Crippen LogP contribution is -2.29. The quantitative estimate of drug-likeness (QED) is 0.899. The lowest BCUT2D eigenvalue weighted by Gasteiger charge is -2.23. The van der Waals surface area contributed by atoms with E-state index in [4.69, 9.17) is 10.5 Å². The molecule has 4 heteroatoms. The maximum atomic E-state index is 13.6. The average molecular weight is 338 g/mol. The molecule has 0 radical (unpaired) electrons. The van der Waals surface area contributed by atoms with Gasteiger partial charge in [-0.2, -0.15) is 0 Å². The van der Waals surface area contributed by atoms with E-state index in [9.17, 15) is 4.39 Å². The zero-order chi connectivity index (χ0) is 14.7. The molecule has 2 unspecified atom stereocenters. The Hall–Kier alpha value is -1.39. The summed E-state index contributed by atoms with van der Waals surface area (Å²) in [7, 11) is 0. The second-order valence-electron chi connectivity index (χ2n) is 4.86. The number of benzene rings is 2. The maximum absolute atomic E-state index is 13.6. The summed E-state index contributed by atoms with van der Waals surface area (Å²) in [6.07, 6.45) is -0.324. The minimum atomic E-state index is -0.324. The summed E-state index contributed by atoms with van der Waals surface area (Å²) in [5, 5.41) is 0. The number of halogens is 2. The topological polar surface area (TPSA) is 35.2 Å². The van der Waals surface area contributed by atoms with Crippen LogP contribution in [-0.4, -0.2) is 6.04 Å². The smallest absolute Gasteiger partial charge is 0.138 e. The molecule has 0 aliphatic carbocycles. The molecule has 0 fully saturated rings. The van der Waals surface area contributed by atoms with Gasteiger partial charge < -0.3 is 10.5 Å². The molecule has 20 heavy (non-hydrogen) atoms. The Morgan fingerprint density at radius 3 is 2.55 bits per heavy atom. The molecule has 2 atom stereocenters. The summed E-state index contributed by atoms with van der Waals surface area (Å²) in [4.78, 5) is 0. The van der Waals surface area contributed by atoms with Crippen LogP contribution in [0.4, 0.5) is 4.39 Å². The Balaban J connectivity index is 2.28. The van der Waals surface area contributed by atoms with Crippen LogP contribution >= 0.6 is 15.9 Å². The Bertz CT molecular complexity index is 601. The summed E-state index contributed by atoms with van der Waals surface area (Å²) >= 11 is 3.43. The molecule has 0 aliphatic rings. The van der Waals surface area contributed by atoms with Crippen LogP contribution in [0.5, 0.6) is 5.75 Å². The molecule has 2 aromatic rings. The van der Waals surface area contributed by atoms with Crippen LogP contribution in [0.3, 0.4) is 0 Å². The molecule has 0 amide bonds. The molecule has 106 valence electrons. The molecule has 0 heterocycles. The van der Waals surface area contributed by atoms with Crippen LogP contribution in [0.1, 0.15) is 24.2 Å². The van der Waals surface area contributed by atoms with Gasteiger partial charge in [-0.15, -0.1) is 0 Å². The summed E-state index contributed by atoms with van der Waals surface area (Å²) < 4.78 is 20.4. The SMILES string of the molecule is Cc1ccc(OC(c2cccc(Br)c2)C(C)N)cc1F. The molecule has 0 saturated heterocycles. The van der Waals surface area contributed by atoms with E-state index in [0.717, 1.165) is 10.0 Å². The van der Waals surface area contributed by atoms with Gasteiger partial charge in [-0.25, -0.2) is 4.39 Å². The first-order chi connectivity index (χ1) is 9.47. The van der Waals surface area contributed by atoms with E-state index in [1.54, 1.807) is 19.1 Å². The van der Waals surface area contributed by atoms with E-state index in [1.165, 1.54) is 6.07 Å². The van der Waals surface area contributed by atoms with E-state index in [0.29, 0.717) is 11.3 Å². The van der Waals surface area contributed by atoms with Crippen molar-refractivity contribution in [2.45, 2.75) is 26.0 Å². The van der Waals surface area contributed by atoms with E-state index in [1.807, 2.05) is 31.2 Å². The van der Waals surface area contributed by atoms with E-state index in [2.05, 4.69) is 15.9 Å². The van der Waals surface area contributed by atoms with Gasteiger partial charge in [-0.3, -0.25) is 0 Å². The average Bonchev–Trinajstić information content (AvgIpc) is 2.39. The van der Waals surface area contributed by atoms with Crippen molar-refractivity contribution in [1.29, 1.82) is 0 Å². The zero-order valence-corrected chi connectivity index (χ0v) is 13.0. The molecule has 0 bridgehead atoms. The Morgan fingerprint density at radius 1 is 1.20 bits per heavy atom. The van der Waals surface area contributed by atoms with Gasteiger partial charge in [-0.1, -0.05) is 34.1 Å². The fourth-order valence-corrected chi connectivity index (χ4v) is 2.37. The van der Waals surface area contributed by atoms with Crippen molar-refractivity contribution in [2.24, 2.45) is 5.73 Å². The van der Waals surface area contributed by atoms with Crippen molar-refractivity contribution < 1.29 is 9.13 Å². The van der Waals surface area contributed by atoms with Gasteiger partial charge in [0.1, 0.15) is 17.7 Å². The molecule has 2 aromatic carbocycles. The normalized spacial score (nSPS) is 13.8. The third kappa shape index (κ3) is 3.58. The van der Waals surface area contributed by atoms with Gasteiger partial charge in [-0.05, 0) is 43.2 Å². The van der Waals surface area contributed by atoms with Crippen molar-refractivity contribution in [3.63, 3.8) is 0 Å². The number of ether oxygens (including phenoxy) is 1. The van der Waals surface area contributed by atoms with Crippen LogP contribution in [0, 0.1) is 12.7 Å². The van der Waals surface area contributed by atoms with Crippen LogP contribution in [0.25, 0.3) is 0 Å². The molecule has 0 aliphatic heterocycles. The van der Waals surface area contributed by atoms with Crippen molar-refractivity contribution in [1.82, 2.24) is 0 Å². The van der Waals surface area contributed by atoms with Gasteiger partial charge in [0.15, 0.2) is 0 Å². The highest BCUT2D eigenvalue weighted by atomic mass is 79.9. The van der Waals surface area contributed by atoms with Gasteiger partial charge in [0.25, 0.3) is 0 Å². The maximum Gasteiger partial charge on any atom is 0.138 e. The zero-order valence-electron chi connectivity index (χ0n) is 11.4. The lowest BCUT2D eigenvalue weighted by atomic mass is 10.0. The first-order valence-corrected chi connectivity index (χ1v) is 7.20. The number of aryl methyl sites for hydroxylation is 1. The summed E-state index contributed by atoms with van der Waals surface area (Å²) in [6, 6.07) is 12.4. The van der Waals surface area contributed by atoms with Gasteiger partial charge >= 0.3 is 0 Å². The Labute approximate surface area is 126 Å². The highest BCUT2D eigenvalue weighted by molar-refractivity contribution is 9.10. The van der Waals surface area contributed by atoms with Gasteiger partial charge in [0.2, 0.25) is 0 Å². The van der Waals surface area contributed by atoms with E-state index in [-0.39, 0.29) is 18.0 Å². The van der Waals surface area contributed by atoms with Crippen molar-refractivity contribution in [3.8, 4) is 5.75 Å². The Kier molecular flexibility index (Phi) is 4.78. The van der Waals surface area contributed by atoms with Crippen molar-refractivity contribution in [3.05, 3.63) is 63.9 Å². The monoisotopic (exact) mass is 337 g/mol. The number of hydrogen-bond donors (Lipinski definition) is 1. The minimum absolute atomic E-state index is 0.214. The largest absolute Gasteiger partial charge is 0.484 e. The summed E-state index contributed by atoms with van der Waals surface area (Å²) in [6.45, 7) is 3.59. The van der Waals surface area contributed by atoms with Gasteiger partial charge in [0, 0.05) is 16.6 Å². The molecule has 0 spiro atoms. The lowest BCUT2D eigenvalue weighted by molar-refractivity contribution is 0.179. The standard InChI is InChI=1S/C16H17BrFNO/c1-10-6-7-14(9-15(10)18)20-16(11(2)19)12-4-3-5-13(17)8-12/h3-9,11,16H,19H2,1-2H3. The first kappa shape index (κ1) is 15.0. The van der Waals surface area contributed by atoms with Gasteiger partial charge in [0.05, 0.1) is 0 Å². The molecule has 2 rings (SSSR count). The predicted molar refractivity (Wildman–Crippen MR) is 82.3 cm³/mol. The predicted octanol–water partition coefficient (Wildman–Crippen LogP) is 4.36. The number of nitrogens with two attached hydrogens (primary N) is 1. The molecular weight excluding hydrogens is 321 g/mol. The molecule has 2 nitrogen and oxygen atoms in total. The third-order valence-electron chi connectivity index (χ3n) is 3.06. The number of hydrogen-bond acceptors (Lipinski definition) is 2. The second-order valence-corrected chi connectivity index (χ2v) is 5.78.